The number of hydrogen-bond donors (Lipinski definition) is 1. The third kappa shape index (κ3) is 5.24. The van der Waals surface area contributed by atoms with Crippen LogP contribution < -0.4 is 5.32 Å². The number of benzene rings is 1. The van der Waals surface area contributed by atoms with Crippen LogP contribution in [0, 0.1) is 5.82 Å². The molecule has 2 rings (SSSR count). The Morgan fingerprint density at radius 3 is 2.74 bits per heavy atom. The molecule has 0 fully saturated rings. The molecule has 1 heterocycles. The number of rotatable bonds is 8. The van der Waals surface area contributed by atoms with Gasteiger partial charge < -0.3 is 14.5 Å². The smallest absolute Gasteiger partial charge is 0.129 e. The molecule has 3 nitrogen and oxygen atoms in total. The molecule has 0 radical (unpaired) electrons. The van der Waals surface area contributed by atoms with Gasteiger partial charge in [0.15, 0.2) is 0 Å². The topological polar surface area (TPSA) is 34.4 Å². The molecule has 1 aromatic carbocycles. The monoisotopic (exact) mass is 263 g/mol. The second-order valence-corrected chi connectivity index (χ2v) is 4.29. The van der Waals surface area contributed by atoms with Crippen molar-refractivity contribution in [3.05, 3.63) is 59.8 Å². The van der Waals surface area contributed by atoms with Crippen LogP contribution in [0.2, 0.25) is 0 Å². The maximum absolute atomic E-state index is 12.7. The van der Waals surface area contributed by atoms with Crippen molar-refractivity contribution in [2.24, 2.45) is 0 Å². The number of halogens is 1. The fourth-order valence-electron chi connectivity index (χ4n) is 1.70. The summed E-state index contributed by atoms with van der Waals surface area (Å²) in [6.45, 7) is 2.83. The van der Waals surface area contributed by atoms with E-state index in [9.17, 15) is 4.39 Å². The van der Waals surface area contributed by atoms with E-state index in [2.05, 4.69) is 5.32 Å². The predicted octanol–water partition coefficient (Wildman–Crippen LogP) is 3.12. The standard InChI is InChI=1S/C15H18FNO2/c16-14-6-4-13(5-7-14)11-17-8-2-9-18-12-15-3-1-10-19-15/h1,3-7,10,17H,2,8-9,11-12H2. The van der Waals surface area contributed by atoms with Crippen LogP contribution in [-0.4, -0.2) is 13.2 Å². The third-order valence-electron chi connectivity index (χ3n) is 2.71. The summed E-state index contributed by atoms with van der Waals surface area (Å²) < 4.78 is 23.3. The Balaban J connectivity index is 1.49. The lowest BCUT2D eigenvalue weighted by molar-refractivity contribution is 0.104. The zero-order valence-corrected chi connectivity index (χ0v) is 10.8. The van der Waals surface area contributed by atoms with Crippen LogP contribution in [0.15, 0.2) is 47.1 Å². The van der Waals surface area contributed by atoms with E-state index in [-0.39, 0.29) is 5.82 Å². The van der Waals surface area contributed by atoms with Crippen molar-refractivity contribution in [1.29, 1.82) is 0 Å². The van der Waals surface area contributed by atoms with Gasteiger partial charge in [-0.15, -0.1) is 0 Å². The molecule has 0 saturated carbocycles. The number of ether oxygens (including phenoxy) is 1. The molecule has 0 unspecified atom stereocenters. The molecule has 0 aliphatic carbocycles. The Hall–Kier alpha value is -1.65. The first-order valence-electron chi connectivity index (χ1n) is 6.40. The van der Waals surface area contributed by atoms with Crippen molar-refractivity contribution in [2.75, 3.05) is 13.2 Å². The summed E-state index contributed by atoms with van der Waals surface area (Å²) in [6, 6.07) is 10.3. The highest BCUT2D eigenvalue weighted by Crippen LogP contribution is 2.03. The Labute approximate surface area is 112 Å². The van der Waals surface area contributed by atoms with Crippen LogP contribution in [0.1, 0.15) is 17.7 Å². The van der Waals surface area contributed by atoms with Crippen molar-refractivity contribution in [1.82, 2.24) is 5.32 Å². The van der Waals surface area contributed by atoms with Crippen LogP contribution in [0.5, 0.6) is 0 Å². The highest BCUT2D eigenvalue weighted by Gasteiger charge is 1.96. The molecule has 0 aliphatic heterocycles. The summed E-state index contributed by atoms with van der Waals surface area (Å²) in [5, 5.41) is 3.29. The molecule has 0 aliphatic rings. The van der Waals surface area contributed by atoms with Crippen molar-refractivity contribution < 1.29 is 13.5 Å². The fourth-order valence-corrected chi connectivity index (χ4v) is 1.70. The summed E-state index contributed by atoms with van der Waals surface area (Å²) in [4.78, 5) is 0. The summed E-state index contributed by atoms with van der Waals surface area (Å²) in [7, 11) is 0. The SMILES string of the molecule is Fc1ccc(CNCCCOCc2ccco2)cc1. The van der Waals surface area contributed by atoms with E-state index in [1.54, 1.807) is 18.4 Å². The van der Waals surface area contributed by atoms with Gasteiger partial charge in [0.25, 0.3) is 0 Å². The van der Waals surface area contributed by atoms with Crippen molar-refractivity contribution in [3.8, 4) is 0 Å². The molecule has 102 valence electrons. The molecule has 0 saturated heterocycles. The average molecular weight is 263 g/mol. The van der Waals surface area contributed by atoms with Crippen molar-refractivity contribution in [2.45, 2.75) is 19.6 Å². The van der Waals surface area contributed by atoms with E-state index in [4.69, 9.17) is 9.15 Å². The van der Waals surface area contributed by atoms with Crippen LogP contribution in [-0.2, 0) is 17.9 Å². The quantitative estimate of drug-likeness (QED) is 0.743. The van der Waals surface area contributed by atoms with Gasteiger partial charge in [0, 0.05) is 13.2 Å². The largest absolute Gasteiger partial charge is 0.467 e. The van der Waals surface area contributed by atoms with Gasteiger partial charge in [0.2, 0.25) is 0 Å². The number of hydrogen-bond acceptors (Lipinski definition) is 3. The predicted molar refractivity (Wildman–Crippen MR) is 71.1 cm³/mol. The number of nitrogens with one attached hydrogen (secondary N) is 1. The van der Waals surface area contributed by atoms with Gasteiger partial charge in [-0.05, 0) is 42.8 Å². The Kier molecular flexibility index (Phi) is 5.59. The van der Waals surface area contributed by atoms with E-state index in [1.807, 2.05) is 12.1 Å². The molecule has 0 amide bonds. The lowest BCUT2D eigenvalue weighted by Crippen LogP contribution is -2.16. The fraction of sp³-hybridized carbons (Fsp3) is 0.333. The van der Waals surface area contributed by atoms with Gasteiger partial charge in [-0.2, -0.15) is 0 Å². The van der Waals surface area contributed by atoms with E-state index in [0.29, 0.717) is 13.2 Å². The second kappa shape index (κ2) is 7.71. The van der Waals surface area contributed by atoms with Crippen LogP contribution >= 0.6 is 0 Å². The normalized spacial score (nSPS) is 10.8. The Morgan fingerprint density at radius 2 is 2.00 bits per heavy atom. The zero-order valence-electron chi connectivity index (χ0n) is 10.8. The third-order valence-corrected chi connectivity index (χ3v) is 2.71. The van der Waals surface area contributed by atoms with Gasteiger partial charge in [-0.25, -0.2) is 4.39 Å². The van der Waals surface area contributed by atoms with Crippen LogP contribution in [0.4, 0.5) is 4.39 Å². The zero-order chi connectivity index (χ0) is 13.3. The van der Waals surface area contributed by atoms with Crippen molar-refractivity contribution >= 4 is 0 Å². The van der Waals surface area contributed by atoms with Crippen molar-refractivity contribution in [3.63, 3.8) is 0 Å². The molecule has 0 atom stereocenters. The summed E-state index contributed by atoms with van der Waals surface area (Å²) in [5.41, 5.74) is 1.08. The molecule has 1 aromatic heterocycles. The molecule has 19 heavy (non-hydrogen) atoms. The Morgan fingerprint density at radius 1 is 1.16 bits per heavy atom. The second-order valence-electron chi connectivity index (χ2n) is 4.29. The highest BCUT2D eigenvalue weighted by molar-refractivity contribution is 5.15. The first kappa shape index (κ1) is 13.8. The van der Waals surface area contributed by atoms with Crippen LogP contribution in [0.3, 0.4) is 0 Å². The van der Waals surface area contributed by atoms with Crippen LogP contribution in [0.25, 0.3) is 0 Å². The molecule has 0 bridgehead atoms. The van der Waals surface area contributed by atoms with E-state index < -0.39 is 0 Å². The first-order chi connectivity index (χ1) is 9.34. The Bertz CT molecular complexity index is 454. The highest BCUT2D eigenvalue weighted by atomic mass is 19.1. The first-order valence-corrected chi connectivity index (χ1v) is 6.40. The molecule has 4 heteroatoms. The summed E-state index contributed by atoms with van der Waals surface area (Å²) in [6.07, 6.45) is 2.57. The maximum atomic E-state index is 12.7. The summed E-state index contributed by atoms with van der Waals surface area (Å²) >= 11 is 0. The molecule has 0 spiro atoms. The minimum absolute atomic E-state index is 0.199. The van der Waals surface area contributed by atoms with Gasteiger partial charge in [-0.1, -0.05) is 12.1 Å². The summed E-state index contributed by atoms with van der Waals surface area (Å²) in [5.74, 6) is 0.648. The molecule has 2 aromatic rings. The van der Waals surface area contributed by atoms with E-state index >= 15 is 0 Å². The minimum atomic E-state index is -0.199. The molecule has 1 N–H and O–H groups in total. The lowest BCUT2D eigenvalue weighted by Gasteiger charge is -2.05. The maximum Gasteiger partial charge on any atom is 0.129 e. The molecular weight excluding hydrogens is 245 g/mol. The van der Waals surface area contributed by atoms with Gasteiger partial charge in [-0.3, -0.25) is 0 Å². The number of furan rings is 1. The van der Waals surface area contributed by atoms with E-state index in [0.717, 1.165) is 30.8 Å². The minimum Gasteiger partial charge on any atom is -0.467 e. The van der Waals surface area contributed by atoms with Gasteiger partial charge in [0.05, 0.1) is 6.26 Å². The lowest BCUT2D eigenvalue weighted by atomic mass is 10.2. The van der Waals surface area contributed by atoms with E-state index in [1.165, 1.54) is 12.1 Å². The van der Waals surface area contributed by atoms with Gasteiger partial charge >= 0.3 is 0 Å². The molecular formula is C15H18FNO2. The van der Waals surface area contributed by atoms with Gasteiger partial charge in [0.1, 0.15) is 18.2 Å². The average Bonchev–Trinajstić information content (AvgIpc) is 2.93.